The average molecular weight is 370 g/mol. The van der Waals surface area contributed by atoms with Crippen LogP contribution in [-0.2, 0) is 22.7 Å². The number of hydrogen-bond acceptors (Lipinski definition) is 4. The van der Waals surface area contributed by atoms with Crippen molar-refractivity contribution in [3.05, 3.63) is 59.5 Å². The Kier molecular flexibility index (Phi) is 6.65. The van der Waals surface area contributed by atoms with E-state index in [9.17, 15) is 9.59 Å². The molecular formula is C21H26N2O4. The van der Waals surface area contributed by atoms with Gasteiger partial charge in [0.15, 0.2) is 5.76 Å². The van der Waals surface area contributed by atoms with Crippen LogP contribution in [-0.4, -0.2) is 35.9 Å². The van der Waals surface area contributed by atoms with Crippen molar-refractivity contribution in [2.24, 2.45) is 0 Å². The van der Waals surface area contributed by atoms with Gasteiger partial charge >= 0.3 is 0 Å². The minimum atomic E-state index is -0.453. The van der Waals surface area contributed by atoms with Crippen molar-refractivity contribution in [3.63, 3.8) is 0 Å². The molecule has 0 unspecified atom stereocenters. The summed E-state index contributed by atoms with van der Waals surface area (Å²) < 4.78 is 10.8. The Balaban J connectivity index is 1.60. The van der Waals surface area contributed by atoms with Crippen molar-refractivity contribution in [3.8, 4) is 0 Å². The van der Waals surface area contributed by atoms with Crippen LogP contribution in [0.15, 0.2) is 47.1 Å². The molecular weight excluding hydrogens is 344 g/mol. The molecule has 0 spiro atoms. The molecule has 1 fully saturated rings. The molecule has 3 rings (SSSR count). The third-order valence-corrected chi connectivity index (χ3v) is 4.73. The van der Waals surface area contributed by atoms with Crippen LogP contribution < -0.4 is 5.32 Å². The molecule has 1 N–H and O–H groups in total. The smallest absolute Gasteiger partial charge is 0.290 e. The Morgan fingerprint density at radius 2 is 2.04 bits per heavy atom. The lowest BCUT2D eigenvalue weighted by atomic mass is 10.1. The number of nitrogens with zero attached hydrogens (tertiary/aromatic N) is 1. The van der Waals surface area contributed by atoms with Gasteiger partial charge in [0.25, 0.3) is 5.91 Å². The van der Waals surface area contributed by atoms with Gasteiger partial charge in [-0.3, -0.25) is 9.59 Å². The first-order valence-corrected chi connectivity index (χ1v) is 9.47. The Morgan fingerprint density at radius 1 is 1.22 bits per heavy atom. The van der Waals surface area contributed by atoms with Gasteiger partial charge in [0.1, 0.15) is 6.04 Å². The zero-order valence-electron chi connectivity index (χ0n) is 15.6. The van der Waals surface area contributed by atoms with Gasteiger partial charge in [0.05, 0.1) is 12.9 Å². The monoisotopic (exact) mass is 370 g/mol. The fourth-order valence-electron chi connectivity index (χ4n) is 3.32. The number of benzene rings is 1. The van der Waals surface area contributed by atoms with Crippen LogP contribution in [0.3, 0.4) is 0 Å². The molecule has 1 saturated heterocycles. The van der Waals surface area contributed by atoms with Gasteiger partial charge in [-0.1, -0.05) is 31.2 Å². The van der Waals surface area contributed by atoms with Gasteiger partial charge in [-0.05, 0) is 42.5 Å². The Bertz CT molecular complexity index is 757. The molecule has 0 radical (unpaired) electrons. The molecule has 2 heterocycles. The lowest BCUT2D eigenvalue weighted by Crippen LogP contribution is -2.45. The van der Waals surface area contributed by atoms with E-state index in [0.717, 1.165) is 24.0 Å². The first-order valence-electron chi connectivity index (χ1n) is 9.47. The second-order valence-corrected chi connectivity index (χ2v) is 6.67. The number of nitrogens with one attached hydrogen (secondary N) is 1. The molecule has 1 atom stereocenters. The number of ether oxygens (including phenoxy) is 1. The second-order valence-electron chi connectivity index (χ2n) is 6.67. The molecule has 1 aliphatic heterocycles. The van der Waals surface area contributed by atoms with Gasteiger partial charge in [-0.2, -0.15) is 0 Å². The summed E-state index contributed by atoms with van der Waals surface area (Å²) in [5.41, 5.74) is 2.10. The van der Waals surface area contributed by atoms with Gasteiger partial charge < -0.3 is 19.4 Å². The SMILES string of the molecule is CCCOCc1ccccc1CNC(=O)[C@H]1CCCN1C(=O)c1ccco1. The molecule has 1 aromatic heterocycles. The largest absolute Gasteiger partial charge is 0.459 e. The van der Waals surface area contributed by atoms with Crippen LogP contribution in [0.1, 0.15) is 47.9 Å². The van der Waals surface area contributed by atoms with Crippen LogP contribution >= 0.6 is 0 Å². The van der Waals surface area contributed by atoms with Crippen molar-refractivity contribution in [1.82, 2.24) is 10.2 Å². The van der Waals surface area contributed by atoms with E-state index < -0.39 is 6.04 Å². The molecule has 2 amide bonds. The first-order chi connectivity index (χ1) is 13.2. The maximum atomic E-state index is 12.7. The van der Waals surface area contributed by atoms with Crippen molar-refractivity contribution in [1.29, 1.82) is 0 Å². The summed E-state index contributed by atoms with van der Waals surface area (Å²) in [6, 6.07) is 10.8. The van der Waals surface area contributed by atoms with Gasteiger partial charge in [-0.25, -0.2) is 0 Å². The van der Waals surface area contributed by atoms with Crippen molar-refractivity contribution in [2.75, 3.05) is 13.2 Å². The fraction of sp³-hybridized carbons (Fsp3) is 0.429. The third-order valence-electron chi connectivity index (χ3n) is 4.73. The Labute approximate surface area is 159 Å². The highest BCUT2D eigenvalue weighted by Gasteiger charge is 2.35. The van der Waals surface area contributed by atoms with Crippen LogP contribution in [0.2, 0.25) is 0 Å². The molecule has 6 heteroatoms. The number of carbonyl (C=O) groups excluding carboxylic acids is 2. The second kappa shape index (κ2) is 9.37. The molecule has 2 aromatic rings. The van der Waals surface area contributed by atoms with E-state index >= 15 is 0 Å². The number of carbonyl (C=O) groups is 2. The zero-order chi connectivity index (χ0) is 19.1. The molecule has 6 nitrogen and oxygen atoms in total. The van der Waals surface area contributed by atoms with Gasteiger partial charge in [0, 0.05) is 19.7 Å². The summed E-state index contributed by atoms with van der Waals surface area (Å²) in [7, 11) is 0. The number of amides is 2. The van der Waals surface area contributed by atoms with E-state index in [-0.39, 0.29) is 17.6 Å². The predicted molar refractivity (Wildman–Crippen MR) is 101 cm³/mol. The minimum absolute atomic E-state index is 0.128. The molecule has 1 aliphatic rings. The molecule has 144 valence electrons. The van der Waals surface area contributed by atoms with E-state index in [0.29, 0.717) is 32.7 Å². The van der Waals surface area contributed by atoms with E-state index in [2.05, 4.69) is 12.2 Å². The predicted octanol–water partition coefficient (Wildman–Crippen LogP) is 3.13. The number of rotatable bonds is 8. The summed E-state index contributed by atoms with van der Waals surface area (Å²) in [5.74, 6) is -0.0872. The fourth-order valence-corrected chi connectivity index (χ4v) is 3.32. The van der Waals surface area contributed by atoms with Gasteiger partial charge in [-0.15, -0.1) is 0 Å². The summed E-state index contributed by atoms with van der Waals surface area (Å²) in [6.07, 6.45) is 3.92. The van der Waals surface area contributed by atoms with Crippen molar-refractivity contribution < 1.29 is 18.7 Å². The zero-order valence-corrected chi connectivity index (χ0v) is 15.6. The average Bonchev–Trinajstić information content (AvgIpc) is 3.38. The molecule has 0 saturated carbocycles. The van der Waals surface area contributed by atoms with E-state index in [1.807, 2.05) is 24.3 Å². The van der Waals surface area contributed by atoms with Crippen molar-refractivity contribution >= 4 is 11.8 Å². The van der Waals surface area contributed by atoms with Crippen LogP contribution in [0, 0.1) is 0 Å². The summed E-state index contributed by atoms with van der Waals surface area (Å²) in [4.78, 5) is 26.8. The minimum Gasteiger partial charge on any atom is -0.459 e. The first kappa shape index (κ1) is 19.2. The van der Waals surface area contributed by atoms with Crippen molar-refractivity contribution in [2.45, 2.75) is 45.4 Å². The number of likely N-dealkylation sites (tertiary alicyclic amines) is 1. The van der Waals surface area contributed by atoms with Crippen LogP contribution in [0.25, 0.3) is 0 Å². The summed E-state index contributed by atoms with van der Waals surface area (Å²) in [5, 5.41) is 2.98. The quantitative estimate of drug-likeness (QED) is 0.725. The maximum Gasteiger partial charge on any atom is 0.290 e. The highest BCUT2D eigenvalue weighted by molar-refractivity contribution is 5.95. The summed E-state index contributed by atoms with van der Waals surface area (Å²) in [6.45, 7) is 4.31. The lowest BCUT2D eigenvalue weighted by Gasteiger charge is -2.23. The lowest BCUT2D eigenvalue weighted by molar-refractivity contribution is -0.125. The topological polar surface area (TPSA) is 71.8 Å². The van der Waals surface area contributed by atoms with E-state index in [4.69, 9.17) is 9.15 Å². The van der Waals surface area contributed by atoms with Crippen LogP contribution in [0.5, 0.6) is 0 Å². The van der Waals surface area contributed by atoms with E-state index in [1.165, 1.54) is 6.26 Å². The molecule has 1 aromatic carbocycles. The highest BCUT2D eigenvalue weighted by atomic mass is 16.5. The maximum absolute atomic E-state index is 12.7. The third kappa shape index (κ3) is 4.77. The molecule has 27 heavy (non-hydrogen) atoms. The highest BCUT2D eigenvalue weighted by Crippen LogP contribution is 2.21. The normalized spacial score (nSPS) is 16.5. The molecule has 0 bridgehead atoms. The number of furan rings is 1. The van der Waals surface area contributed by atoms with Gasteiger partial charge in [0.2, 0.25) is 5.91 Å². The standard InChI is InChI=1S/C21H26N2O4/c1-2-12-26-15-17-8-4-3-7-16(17)14-22-20(24)18-9-5-11-23(18)21(25)19-10-6-13-27-19/h3-4,6-8,10,13,18H,2,5,9,11-12,14-15H2,1H3,(H,22,24)/t18-/m1/s1. The Hall–Kier alpha value is -2.60. The van der Waals surface area contributed by atoms with Crippen LogP contribution in [0.4, 0.5) is 0 Å². The van der Waals surface area contributed by atoms with E-state index in [1.54, 1.807) is 17.0 Å². The number of hydrogen-bond donors (Lipinski definition) is 1. The summed E-state index contributed by atoms with van der Waals surface area (Å²) >= 11 is 0. The molecule has 0 aliphatic carbocycles. The Morgan fingerprint density at radius 3 is 2.78 bits per heavy atom.